The van der Waals surface area contributed by atoms with Crippen LogP contribution in [-0.4, -0.2) is 4.98 Å². The average molecular weight is 353 g/mol. The van der Waals surface area contributed by atoms with E-state index < -0.39 is 19.6 Å². The van der Waals surface area contributed by atoms with Gasteiger partial charge in [-0.15, -0.1) is 0 Å². The van der Waals surface area contributed by atoms with Crippen molar-refractivity contribution in [2.75, 3.05) is 0 Å². The quantitative estimate of drug-likeness (QED) is 0.469. The molecule has 0 fully saturated rings. The van der Waals surface area contributed by atoms with Crippen LogP contribution in [0.25, 0.3) is 33.3 Å². The van der Waals surface area contributed by atoms with E-state index in [-0.39, 0.29) is 12.0 Å². The number of furan rings is 1. The number of fused-ring (bicyclic) bond motifs is 3. The highest BCUT2D eigenvalue weighted by atomic mass is 16.3. The minimum absolute atomic E-state index is 0.0338. The Morgan fingerprint density at radius 3 is 2.81 bits per heavy atom. The van der Waals surface area contributed by atoms with Gasteiger partial charge in [0, 0.05) is 37.7 Å². The monoisotopic (exact) mass is 352 g/mol. The first-order chi connectivity index (χ1) is 15.2. The molecule has 4 rings (SSSR count). The zero-order valence-corrected chi connectivity index (χ0v) is 15.1. The standard InChI is InChI=1S/C23H25N2O/c1-14(2)12-17-8-10-19-18-9-7-16(4)21(22(18)26-23(19)24-17)20-11-6-15(3)13-25(20)5/h6-11,13-14H,12H2,1-5H3/q+1/i1D3,3D3,14D. The molecule has 0 radical (unpaired) electrons. The molecular formula is C23H25N2O+. The second-order valence-corrected chi connectivity index (χ2v) is 6.76. The third kappa shape index (κ3) is 2.78. The van der Waals surface area contributed by atoms with Crippen molar-refractivity contribution in [3.63, 3.8) is 0 Å². The van der Waals surface area contributed by atoms with Crippen molar-refractivity contribution in [1.29, 1.82) is 0 Å². The lowest BCUT2D eigenvalue weighted by atomic mass is 10.0. The van der Waals surface area contributed by atoms with Crippen LogP contribution in [0.5, 0.6) is 0 Å². The second kappa shape index (κ2) is 6.24. The van der Waals surface area contributed by atoms with E-state index in [1.165, 1.54) is 6.92 Å². The molecule has 26 heavy (non-hydrogen) atoms. The van der Waals surface area contributed by atoms with Crippen LogP contribution in [0.15, 0.2) is 47.0 Å². The van der Waals surface area contributed by atoms with E-state index in [1.54, 1.807) is 36.0 Å². The van der Waals surface area contributed by atoms with Gasteiger partial charge in [0.25, 0.3) is 0 Å². The van der Waals surface area contributed by atoms with Crippen LogP contribution in [0, 0.1) is 19.7 Å². The number of nitrogens with zero attached hydrogens (tertiary/aromatic N) is 2. The zero-order chi connectivity index (χ0) is 24.3. The topological polar surface area (TPSA) is 29.9 Å². The molecule has 0 spiro atoms. The van der Waals surface area contributed by atoms with Crippen molar-refractivity contribution < 1.29 is 18.6 Å². The number of hydrogen-bond donors (Lipinski definition) is 0. The Labute approximate surface area is 164 Å². The average Bonchev–Trinajstić information content (AvgIpc) is 3.04. The summed E-state index contributed by atoms with van der Waals surface area (Å²) in [7, 11) is 1.80. The van der Waals surface area contributed by atoms with E-state index in [1.807, 2.05) is 25.1 Å². The van der Waals surface area contributed by atoms with Crippen molar-refractivity contribution in [2.24, 2.45) is 12.9 Å². The molecule has 0 aliphatic heterocycles. The predicted molar refractivity (Wildman–Crippen MR) is 106 cm³/mol. The molecule has 0 N–H and O–H groups in total. The number of hydrogen-bond acceptors (Lipinski definition) is 2. The first kappa shape index (κ1) is 10.5. The fraction of sp³-hybridized carbons (Fsp3) is 0.304. The smallest absolute Gasteiger partial charge is 0.227 e. The summed E-state index contributed by atoms with van der Waals surface area (Å²) < 4.78 is 62.0. The van der Waals surface area contributed by atoms with Crippen molar-refractivity contribution in [1.82, 2.24) is 4.98 Å². The first-order valence-electron chi connectivity index (χ1n) is 12.0. The number of pyridine rings is 2. The molecule has 4 aromatic rings. The van der Waals surface area contributed by atoms with Gasteiger partial charge in [-0.1, -0.05) is 25.9 Å². The summed E-state index contributed by atoms with van der Waals surface area (Å²) in [5.41, 5.74) is 4.31. The van der Waals surface area contributed by atoms with E-state index in [0.29, 0.717) is 17.0 Å². The fourth-order valence-electron chi connectivity index (χ4n) is 3.41. The molecule has 1 atom stereocenters. The Hall–Kier alpha value is -2.68. The van der Waals surface area contributed by atoms with Gasteiger partial charge in [-0.3, -0.25) is 0 Å². The van der Waals surface area contributed by atoms with Crippen molar-refractivity contribution in [3.05, 3.63) is 59.4 Å². The molecule has 132 valence electrons. The molecule has 0 saturated heterocycles. The fourth-order valence-corrected chi connectivity index (χ4v) is 3.41. The van der Waals surface area contributed by atoms with Crippen LogP contribution in [0.1, 0.15) is 40.2 Å². The number of rotatable bonds is 3. The van der Waals surface area contributed by atoms with Crippen molar-refractivity contribution in [2.45, 2.75) is 34.0 Å². The highest BCUT2D eigenvalue weighted by molar-refractivity contribution is 6.08. The van der Waals surface area contributed by atoms with E-state index in [2.05, 4.69) is 4.98 Å². The first-order valence-corrected chi connectivity index (χ1v) is 8.51. The molecule has 0 amide bonds. The highest BCUT2D eigenvalue weighted by Gasteiger charge is 2.21. The van der Waals surface area contributed by atoms with Crippen LogP contribution in [0.2, 0.25) is 0 Å². The van der Waals surface area contributed by atoms with Crippen LogP contribution in [0.4, 0.5) is 0 Å². The minimum atomic E-state index is -2.43. The lowest BCUT2D eigenvalue weighted by Crippen LogP contribution is -2.31. The van der Waals surface area contributed by atoms with Crippen molar-refractivity contribution >= 4 is 22.1 Å². The third-order valence-corrected chi connectivity index (χ3v) is 4.61. The van der Waals surface area contributed by atoms with Gasteiger partial charge in [0.2, 0.25) is 11.4 Å². The van der Waals surface area contributed by atoms with E-state index in [4.69, 9.17) is 14.0 Å². The normalized spacial score (nSPS) is 19.0. The van der Waals surface area contributed by atoms with Crippen LogP contribution < -0.4 is 4.57 Å². The van der Waals surface area contributed by atoms with Crippen LogP contribution in [-0.2, 0) is 13.5 Å². The summed E-state index contributed by atoms with van der Waals surface area (Å²) in [6.45, 7) is -1.29. The summed E-state index contributed by atoms with van der Waals surface area (Å²) in [4.78, 5) is 4.53. The lowest BCUT2D eigenvalue weighted by molar-refractivity contribution is -0.660. The Kier molecular flexibility index (Phi) is 2.51. The van der Waals surface area contributed by atoms with Gasteiger partial charge < -0.3 is 4.42 Å². The molecule has 1 aromatic carbocycles. The summed E-state index contributed by atoms with van der Waals surface area (Å²) in [5.74, 6) is -1.67. The minimum Gasteiger partial charge on any atom is -0.437 e. The second-order valence-electron chi connectivity index (χ2n) is 6.76. The predicted octanol–water partition coefficient (Wildman–Crippen LogP) is 5.29. The molecule has 3 nitrogen and oxygen atoms in total. The molecule has 0 saturated carbocycles. The molecule has 1 unspecified atom stereocenters. The lowest BCUT2D eigenvalue weighted by Gasteiger charge is -2.05. The van der Waals surface area contributed by atoms with Gasteiger partial charge >= 0.3 is 0 Å². The van der Waals surface area contributed by atoms with Gasteiger partial charge in [0.15, 0.2) is 11.8 Å². The molecule has 0 aliphatic carbocycles. The van der Waals surface area contributed by atoms with E-state index >= 15 is 0 Å². The maximum atomic E-state index is 8.21. The van der Waals surface area contributed by atoms with Gasteiger partial charge in [-0.2, -0.15) is 0 Å². The van der Waals surface area contributed by atoms with Gasteiger partial charge in [-0.25, -0.2) is 9.55 Å². The SMILES string of the molecule is [2H]C([2H])([2H])c1ccc(-c2c(C)ccc3c2oc2nc(CC([2H])(C)C([2H])([2H])[2H])ccc23)[n+](C)c1. The molecule has 3 heteroatoms. The summed E-state index contributed by atoms with van der Waals surface area (Å²) in [6.07, 6.45) is 1.57. The largest absolute Gasteiger partial charge is 0.437 e. The van der Waals surface area contributed by atoms with Crippen LogP contribution in [0.3, 0.4) is 0 Å². The summed E-state index contributed by atoms with van der Waals surface area (Å²) >= 11 is 0. The molecule has 0 bridgehead atoms. The Morgan fingerprint density at radius 2 is 2.04 bits per heavy atom. The number of aromatic nitrogens is 2. The number of benzene rings is 1. The zero-order valence-electron chi connectivity index (χ0n) is 22.1. The third-order valence-electron chi connectivity index (χ3n) is 4.61. The van der Waals surface area contributed by atoms with Gasteiger partial charge in [0.1, 0.15) is 7.05 Å². The maximum absolute atomic E-state index is 8.21. The Balaban J connectivity index is 1.87. The van der Waals surface area contributed by atoms with E-state index in [9.17, 15) is 0 Å². The Bertz CT molecular complexity index is 1370. The molecule has 0 aliphatic rings. The summed E-state index contributed by atoms with van der Waals surface area (Å²) in [5, 5.41) is 1.64. The van der Waals surface area contributed by atoms with Gasteiger partial charge in [0.05, 0.1) is 5.56 Å². The van der Waals surface area contributed by atoms with Crippen molar-refractivity contribution in [3.8, 4) is 11.3 Å². The molecule has 3 aromatic heterocycles. The van der Waals surface area contributed by atoms with Gasteiger partial charge in [-0.05, 0) is 49.9 Å². The molecule has 3 heterocycles. The molecular weight excluding hydrogens is 320 g/mol. The maximum Gasteiger partial charge on any atom is 0.227 e. The number of aryl methyl sites for hydroxylation is 3. The Morgan fingerprint density at radius 1 is 1.19 bits per heavy atom. The highest BCUT2D eigenvalue weighted by Crippen LogP contribution is 2.36. The van der Waals surface area contributed by atoms with E-state index in [0.717, 1.165) is 27.6 Å². The summed E-state index contributed by atoms with van der Waals surface area (Å²) in [6, 6.07) is 10.9. The van der Waals surface area contributed by atoms with Crippen LogP contribution >= 0.6 is 0 Å².